The third kappa shape index (κ3) is 1.90. The van der Waals surface area contributed by atoms with Gasteiger partial charge in [-0.15, -0.1) is 22.7 Å². The molecular weight excluding hydrogens is 286 g/mol. The van der Waals surface area contributed by atoms with Gasteiger partial charge in [-0.3, -0.25) is 0 Å². The lowest BCUT2D eigenvalue weighted by molar-refractivity contribution is -0.922. The Bertz CT molecular complexity index is 521. The first-order chi connectivity index (χ1) is 9.78. The van der Waals surface area contributed by atoms with E-state index in [0.29, 0.717) is 11.8 Å². The molecule has 5 heterocycles. The van der Waals surface area contributed by atoms with E-state index in [-0.39, 0.29) is 0 Å². The van der Waals surface area contributed by atoms with Gasteiger partial charge < -0.3 is 10.0 Å². The van der Waals surface area contributed by atoms with Gasteiger partial charge in [0.05, 0.1) is 25.6 Å². The van der Waals surface area contributed by atoms with Crippen LogP contribution in [0.2, 0.25) is 0 Å². The van der Waals surface area contributed by atoms with E-state index >= 15 is 0 Å². The summed E-state index contributed by atoms with van der Waals surface area (Å²) in [6.45, 7) is 3.72. The Morgan fingerprint density at radius 3 is 2.05 bits per heavy atom. The maximum absolute atomic E-state index is 11.7. The quantitative estimate of drug-likeness (QED) is 0.890. The van der Waals surface area contributed by atoms with Crippen LogP contribution in [-0.4, -0.2) is 24.7 Å². The van der Waals surface area contributed by atoms with Gasteiger partial charge in [0.2, 0.25) is 0 Å². The molecule has 0 radical (unpaired) electrons. The van der Waals surface area contributed by atoms with Gasteiger partial charge in [-0.2, -0.15) is 0 Å². The van der Waals surface area contributed by atoms with Crippen molar-refractivity contribution in [3.8, 4) is 0 Å². The van der Waals surface area contributed by atoms with Crippen LogP contribution in [0.3, 0.4) is 0 Å². The van der Waals surface area contributed by atoms with Gasteiger partial charge in [-0.25, -0.2) is 0 Å². The Morgan fingerprint density at radius 2 is 1.65 bits per heavy atom. The first-order valence-electron chi connectivity index (χ1n) is 7.42. The summed E-state index contributed by atoms with van der Waals surface area (Å²) in [4.78, 5) is 3.93. The minimum absolute atomic E-state index is 0.373. The van der Waals surface area contributed by atoms with Crippen molar-refractivity contribution in [2.45, 2.75) is 18.4 Å². The van der Waals surface area contributed by atoms with E-state index in [0.717, 1.165) is 16.3 Å². The number of hydrogen-bond acceptors (Lipinski definition) is 3. The third-order valence-corrected chi connectivity index (χ3v) is 7.13. The average molecular weight is 306 g/mol. The van der Waals surface area contributed by atoms with E-state index in [1.807, 2.05) is 0 Å². The first-order valence-corrected chi connectivity index (χ1v) is 9.18. The Balaban J connectivity index is 1.80. The molecule has 2 bridgehead atoms. The summed E-state index contributed by atoms with van der Waals surface area (Å²) in [6, 6.07) is 8.34. The third-order valence-electron chi connectivity index (χ3n) is 5.15. The van der Waals surface area contributed by atoms with Gasteiger partial charge in [0.1, 0.15) is 5.60 Å². The number of piperidine rings is 3. The Morgan fingerprint density at radius 1 is 1.05 bits per heavy atom. The first kappa shape index (κ1) is 13.0. The lowest BCUT2D eigenvalue weighted by Crippen LogP contribution is -3.16. The molecule has 0 spiro atoms. The highest BCUT2D eigenvalue weighted by Crippen LogP contribution is 2.46. The van der Waals surface area contributed by atoms with Crippen molar-refractivity contribution in [1.29, 1.82) is 0 Å². The SMILES string of the molecule is OC(c1cccs1)(c1cccs1)[C@H]1C[NH+]2CCC1CC2. The molecule has 2 nitrogen and oxygen atoms in total. The van der Waals surface area contributed by atoms with Crippen LogP contribution in [0.1, 0.15) is 22.6 Å². The summed E-state index contributed by atoms with van der Waals surface area (Å²) >= 11 is 3.39. The molecule has 3 saturated heterocycles. The van der Waals surface area contributed by atoms with Crippen LogP contribution in [0.5, 0.6) is 0 Å². The van der Waals surface area contributed by atoms with Crippen LogP contribution >= 0.6 is 22.7 Å². The van der Waals surface area contributed by atoms with E-state index < -0.39 is 5.60 Å². The van der Waals surface area contributed by atoms with Gasteiger partial charge in [-0.1, -0.05) is 12.1 Å². The van der Waals surface area contributed by atoms with Gasteiger partial charge in [0, 0.05) is 22.6 Å². The van der Waals surface area contributed by atoms with E-state index in [1.165, 1.54) is 25.9 Å². The van der Waals surface area contributed by atoms with Crippen molar-refractivity contribution in [1.82, 2.24) is 0 Å². The molecule has 3 fully saturated rings. The molecule has 2 aromatic heterocycles. The molecule has 2 N–H and O–H groups in total. The highest BCUT2D eigenvalue weighted by molar-refractivity contribution is 7.11. The highest BCUT2D eigenvalue weighted by Gasteiger charge is 2.51. The Kier molecular flexibility index (Phi) is 3.22. The molecular formula is C16H20NOS2+. The molecule has 1 atom stereocenters. The van der Waals surface area contributed by atoms with Crippen LogP contribution in [0.4, 0.5) is 0 Å². The Hall–Kier alpha value is -0.680. The molecule has 0 aliphatic carbocycles. The number of quaternary nitrogens is 1. The predicted octanol–water partition coefficient (Wildman–Crippen LogP) is 1.97. The van der Waals surface area contributed by atoms with Crippen molar-refractivity contribution < 1.29 is 10.0 Å². The van der Waals surface area contributed by atoms with Crippen molar-refractivity contribution >= 4 is 22.7 Å². The van der Waals surface area contributed by atoms with Crippen LogP contribution in [0.25, 0.3) is 0 Å². The fourth-order valence-corrected chi connectivity index (χ4v) is 5.97. The van der Waals surface area contributed by atoms with Crippen LogP contribution in [0.15, 0.2) is 35.0 Å². The fraction of sp³-hybridized carbons (Fsp3) is 0.500. The zero-order chi connectivity index (χ0) is 13.6. The second-order valence-corrected chi connectivity index (χ2v) is 8.01. The minimum Gasteiger partial charge on any atom is -0.378 e. The van der Waals surface area contributed by atoms with Gasteiger partial charge in [0.25, 0.3) is 0 Å². The van der Waals surface area contributed by atoms with Crippen molar-refractivity contribution in [2.75, 3.05) is 19.6 Å². The summed E-state index contributed by atoms with van der Waals surface area (Å²) in [5, 5.41) is 15.9. The Labute approximate surface area is 127 Å². The van der Waals surface area contributed by atoms with Crippen LogP contribution in [0, 0.1) is 11.8 Å². The summed E-state index contributed by atoms with van der Waals surface area (Å²) in [5.41, 5.74) is -0.765. The molecule has 0 amide bonds. The van der Waals surface area contributed by atoms with Crippen molar-refractivity contribution in [3.63, 3.8) is 0 Å². The number of hydrogen-bond donors (Lipinski definition) is 2. The van der Waals surface area contributed by atoms with E-state index in [9.17, 15) is 5.11 Å². The van der Waals surface area contributed by atoms with Crippen molar-refractivity contribution in [2.24, 2.45) is 11.8 Å². The van der Waals surface area contributed by atoms with Crippen LogP contribution < -0.4 is 4.90 Å². The van der Waals surface area contributed by atoms with Gasteiger partial charge in [-0.05, 0) is 28.8 Å². The maximum atomic E-state index is 11.7. The lowest BCUT2D eigenvalue weighted by Gasteiger charge is -2.48. The molecule has 0 aromatic carbocycles. The van der Waals surface area contributed by atoms with E-state index in [4.69, 9.17) is 0 Å². The predicted molar refractivity (Wildman–Crippen MR) is 83.4 cm³/mol. The topological polar surface area (TPSA) is 24.7 Å². The van der Waals surface area contributed by atoms with E-state index in [1.54, 1.807) is 27.6 Å². The molecule has 5 rings (SSSR count). The fourth-order valence-electron chi connectivity index (χ4n) is 4.10. The van der Waals surface area contributed by atoms with E-state index in [2.05, 4.69) is 35.0 Å². The number of aliphatic hydroxyl groups is 1. The smallest absolute Gasteiger partial charge is 0.141 e. The molecule has 4 heteroatoms. The van der Waals surface area contributed by atoms with Crippen LogP contribution in [-0.2, 0) is 5.60 Å². The molecule has 0 saturated carbocycles. The minimum atomic E-state index is -0.765. The second-order valence-electron chi connectivity index (χ2n) is 6.12. The largest absolute Gasteiger partial charge is 0.378 e. The standard InChI is InChI=1S/C16H19NOS2/c18-16(14-3-1-9-19-14,15-4-2-10-20-15)13-11-17-7-5-12(13)6-8-17/h1-4,9-10,12-13,18H,5-8,11H2/p+1/t13-/m0/s1. The molecule has 2 aromatic rings. The number of rotatable bonds is 3. The molecule has 20 heavy (non-hydrogen) atoms. The summed E-state index contributed by atoms with van der Waals surface area (Å²) in [6.07, 6.45) is 2.55. The molecule has 106 valence electrons. The zero-order valence-electron chi connectivity index (χ0n) is 11.4. The second kappa shape index (κ2) is 4.95. The molecule has 0 unspecified atom stereocenters. The highest BCUT2D eigenvalue weighted by atomic mass is 32.1. The van der Waals surface area contributed by atoms with Crippen molar-refractivity contribution in [3.05, 3.63) is 44.8 Å². The molecule has 3 aliphatic rings. The summed E-state index contributed by atoms with van der Waals surface area (Å²) < 4.78 is 0. The summed E-state index contributed by atoms with van der Waals surface area (Å²) in [7, 11) is 0. The van der Waals surface area contributed by atoms with Gasteiger partial charge >= 0.3 is 0 Å². The number of fused-ring (bicyclic) bond motifs is 3. The normalized spacial score (nSPS) is 29.8. The monoisotopic (exact) mass is 306 g/mol. The average Bonchev–Trinajstić information content (AvgIpc) is 3.21. The zero-order valence-corrected chi connectivity index (χ0v) is 13.1. The maximum Gasteiger partial charge on any atom is 0.141 e. The lowest BCUT2D eigenvalue weighted by atomic mass is 9.69. The van der Waals surface area contributed by atoms with Gasteiger partial charge in [0.15, 0.2) is 0 Å². The summed E-state index contributed by atoms with van der Waals surface area (Å²) in [5.74, 6) is 1.05. The molecule has 3 aliphatic heterocycles. The number of thiophene rings is 2. The number of nitrogens with one attached hydrogen (secondary N) is 1.